The zero-order chi connectivity index (χ0) is 16.1. The standard InChI is InChI=1S/C13H14FN5O3/c1-12(13(14,5-15)10(21)8(4-20)22-12)9-3-2-7-11(16)17-6-18-19(7)9/h2-3,6,8,10,20-21H,4H2,1H3,(H2,16,17,18)/t8-,10?,12+,13-/m1/s1. The van der Waals surface area contributed by atoms with E-state index < -0.39 is 30.1 Å². The average Bonchev–Trinajstić information content (AvgIpc) is 3.03. The summed E-state index contributed by atoms with van der Waals surface area (Å²) in [7, 11) is 0. The van der Waals surface area contributed by atoms with Crippen LogP contribution in [0.4, 0.5) is 10.2 Å². The molecule has 1 saturated heterocycles. The molecule has 22 heavy (non-hydrogen) atoms. The lowest BCUT2D eigenvalue weighted by Gasteiger charge is -2.31. The van der Waals surface area contributed by atoms with Crippen molar-refractivity contribution < 1.29 is 19.3 Å². The zero-order valence-corrected chi connectivity index (χ0v) is 11.6. The van der Waals surface area contributed by atoms with Gasteiger partial charge < -0.3 is 20.7 Å². The minimum atomic E-state index is -2.76. The maximum atomic E-state index is 15.2. The summed E-state index contributed by atoms with van der Waals surface area (Å²) in [5.74, 6) is 0.184. The number of hydrogen-bond donors (Lipinski definition) is 3. The number of nitrogen functional groups attached to an aromatic ring is 1. The van der Waals surface area contributed by atoms with Crippen molar-refractivity contribution in [3.05, 3.63) is 24.2 Å². The van der Waals surface area contributed by atoms with Gasteiger partial charge in [-0.25, -0.2) is 13.9 Å². The maximum Gasteiger partial charge on any atom is 0.258 e. The van der Waals surface area contributed by atoms with Crippen LogP contribution in [0.5, 0.6) is 0 Å². The third-order valence-electron chi connectivity index (χ3n) is 4.15. The van der Waals surface area contributed by atoms with E-state index in [4.69, 9.17) is 10.5 Å². The summed E-state index contributed by atoms with van der Waals surface area (Å²) in [6, 6.07) is 4.54. The quantitative estimate of drug-likeness (QED) is 0.682. The van der Waals surface area contributed by atoms with Crippen LogP contribution in [0.25, 0.3) is 5.52 Å². The molecule has 0 spiro atoms. The van der Waals surface area contributed by atoms with Crippen LogP contribution in [-0.2, 0) is 10.3 Å². The molecule has 0 aromatic carbocycles. The first-order chi connectivity index (χ1) is 10.4. The summed E-state index contributed by atoms with van der Waals surface area (Å²) in [4.78, 5) is 3.83. The molecule has 116 valence electrons. The van der Waals surface area contributed by atoms with Gasteiger partial charge >= 0.3 is 0 Å². The van der Waals surface area contributed by atoms with Crippen LogP contribution in [0.3, 0.4) is 0 Å². The second-order valence-corrected chi connectivity index (χ2v) is 5.30. The molecular formula is C13H14FN5O3. The van der Waals surface area contributed by atoms with Crippen molar-refractivity contribution in [2.24, 2.45) is 0 Å². The minimum Gasteiger partial charge on any atom is -0.394 e. The number of aliphatic hydroxyl groups is 2. The van der Waals surface area contributed by atoms with Crippen LogP contribution in [-0.4, -0.2) is 49.3 Å². The highest BCUT2D eigenvalue weighted by Crippen LogP contribution is 2.49. The van der Waals surface area contributed by atoms with E-state index in [0.29, 0.717) is 5.52 Å². The fraction of sp³-hybridized carbons (Fsp3) is 0.462. The third-order valence-corrected chi connectivity index (χ3v) is 4.15. The first-order valence-corrected chi connectivity index (χ1v) is 6.54. The Morgan fingerprint density at radius 1 is 1.59 bits per heavy atom. The lowest BCUT2D eigenvalue weighted by molar-refractivity contribution is -0.0892. The number of ether oxygens (including phenoxy) is 1. The summed E-state index contributed by atoms with van der Waals surface area (Å²) < 4.78 is 22.0. The number of alkyl halides is 1. The summed E-state index contributed by atoms with van der Waals surface area (Å²) in [5, 5.41) is 32.5. The summed E-state index contributed by atoms with van der Waals surface area (Å²) >= 11 is 0. The van der Waals surface area contributed by atoms with Crippen molar-refractivity contribution in [3.8, 4) is 6.07 Å². The predicted octanol–water partition coefficient (Wildman–Crippen LogP) is -0.489. The lowest BCUT2D eigenvalue weighted by Crippen LogP contribution is -2.49. The Labute approximate surface area is 124 Å². The van der Waals surface area contributed by atoms with Crippen molar-refractivity contribution in [2.75, 3.05) is 12.3 Å². The molecular weight excluding hydrogens is 293 g/mol. The second kappa shape index (κ2) is 4.61. The number of anilines is 1. The van der Waals surface area contributed by atoms with Crippen LogP contribution < -0.4 is 5.73 Å². The van der Waals surface area contributed by atoms with Gasteiger partial charge in [-0.1, -0.05) is 0 Å². The summed E-state index contributed by atoms with van der Waals surface area (Å²) in [6.45, 7) is 0.708. The van der Waals surface area contributed by atoms with E-state index in [9.17, 15) is 15.5 Å². The maximum absolute atomic E-state index is 15.2. The highest BCUT2D eigenvalue weighted by Gasteiger charge is 2.67. The Balaban J connectivity index is 2.24. The van der Waals surface area contributed by atoms with Crippen LogP contribution in [0.1, 0.15) is 12.6 Å². The van der Waals surface area contributed by atoms with Crippen molar-refractivity contribution in [2.45, 2.75) is 30.4 Å². The highest BCUT2D eigenvalue weighted by molar-refractivity contribution is 5.66. The van der Waals surface area contributed by atoms with Gasteiger partial charge in [0, 0.05) is 0 Å². The van der Waals surface area contributed by atoms with E-state index in [-0.39, 0.29) is 11.5 Å². The molecule has 1 aliphatic rings. The Kier molecular flexibility index (Phi) is 3.07. The molecule has 2 aromatic rings. The molecule has 1 unspecified atom stereocenters. The van der Waals surface area contributed by atoms with E-state index >= 15 is 4.39 Å². The zero-order valence-electron chi connectivity index (χ0n) is 11.6. The predicted molar refractivity (Wildman–Crippen MR) is 72.2 cm³/mol. The Hall–Kier alpha value is -2.28. The first-order valence-electron chi connectivity index (χ1n) is 6.54. The summed E-state index contributed by atoms with van der Waals surface area (Å²) in [6.07, 6.45) is -1.83. The molecule has 1 fully saturated rings. The molecule has 4 atom stereocenters. The van der Waals surface area contributed by atoms with E-state index in [1.807, 2.05) is 0 Å². The molecule has 3 heterocycles. The van der Waals surface area contributed by atoms with Crippen molar-refractivity contribution in [1.82, 2.24) is 14.6 Å². The number of nitrogens with two attached hydrogens (primary N) is 1. The van der Waals surface area contributed by atoms with Crippen LogP contribution in [0.15, 0.2) is 18.5 Å². The topological polar surface area (TPSA) is 130 Å². The van der Waals surface area contributed by atoms with Crippen LogP contribution >= 0.6 is 0 Å². The highest BCUT2D eigenvalue weighted by atomic mass is 19.1. The van der Waals surface area contributed by atoms with Gasteiger partial charge in [0.2, 0.25) is 0 Å². The van der Waals surface area contributed by atoms with E-state index in [1.54, 1.807) is 6.07 Å². The molecule has 2 aromatic heterocycles. The molecule has 9 heteroatoms. The number of nitriles is 1. The van der Waals surface area contributed by atoms with Gasteiger partial charge in [0.25, 0.3) is 5.67 Å². The van der Waals surface area contributed by atoms with Crippen LogP contribution in [0, 0.1) is 11.3 Å². The van der Waals surface area contributed by atoms with Gasteiger partial charge in [-0.15, -0.1) is 0 Å². The number of aromatic nitrogens is 3. The number of aliphatic hydroxyl groups excluding tert-OH is 2. The monoisotopic (exact) mass is 307 g/mol. The van der Waals surface area contributed by atoms with Gasteiger partial charge in [0.05, 0.1) is 12.3 Å². The normalized spacial score (nSPS) is 34.9. The van der Waals surface area contributed by atoms with Gasteiger partial charge in [-0.3, -0.25) is 0 Å². The van der Waals surface area contributed by atoms with E-state index in [0.717, 1.165) is 0 Å². The Morgan fingerprint density at radius 2 is 2.32 bits per heavy atom. The second-order valence-electron chi connectivity index (χ2n) is 5.30. The summed E-state index contributed by atoms with van der Waals surface area (Å²) in [5.41, 5.74) is 1.76. The molecule has 0 bridgehead atoms. The van der Waals surface area contributed by atoms with Crippen molar-refractivity contribution in [3.63, 3.8) is 0 Å². The Morgan fingerprint density at radius 3 is 2.95 bits per heavy atom. The van der Waals surface area contributed by atoms with Crippen LogP contribution in [0.2, 0.25) is 0 Å². The molecule has 3 rings (SSSR count). The molecule has 8 nitrogen and oxygen atoms in total. The number of fused-ring (bicyclic) bond motifs is 1. The molecule has 0 saturated carbocycles. The molecule has 1 aliphatic heterocycles. The van der Waals surface area contributed by atoms with Gasteiger partial charge in [0.1, 0.15) is 30.1 Å². The third kappa shape index (κ3) is 1.60. The molecule has 0 radical (unpaired) electrons. The number of nitrogens with zero attached hydrogens (tertiary/aromatic N) is 4. The fourth-order valence-electron chi connectivity index (χ4n) is 2.86. The number of rotatable bonds is 2. The van der Waals surface area contributed by atoms with Gasteiger partial charge in [-0.2, -0.15) is 10.4 Å². The smallest absolute Gasteiger partial charge is 0.258 e. The number of hydrogen-bond acceptors (Lipinski definition) is 7. The molecule has 0 amide bonds. The average molecular weight is 307 g/mol. The number of halogens is 1. The Bertz CT molecular complexity index is 775. The first kappa shape index (κ1) is 14.6. The van der Waals surface area contributed by atoms with E-state index in [1.165, 1.54) is 29.9 Å². The fourth-order valence-corrected chi connectivity index (χ4v) is 2.86. The molecule has 0 aliphatic carbocycles. The van der Waals surface area contributed by atoms with Gasteiger partial charge in [-0.05, 0) is 19.1 Å². The van der Waals surface area contributed by atoms with Gasteiger partial charge in [0.15, 0.2) is 11.4 Å². The molecule has 4 N–H and O–H groups in total. The van der Waals surface area contributed by atoms with Crippen molar-refractivity contribution in [1.29, 1.82) is 5.26 Å². The minimum absolute atomic E-state index is 0.184. The SMILES string of the molecule is C[C@@]1(c2ccc3c(N)ncnn23)O[C@H](CO)C(O)[C@]1(F)C#N. The van der Waals surface area contributed by atoms with E-state index in [2.05, 4.69) is 10.1 Å². The lowest BCUT2D eigenvalue weighted by atomic mass is 9.82. The largest absolute Gasteiger partial charge is 0.394 e. The van der Waals surface area contributed by atoms with Crippen molar-refractivity contribution >= 4 is 11.3 Å².